The summed E-state index contributed by atoms with van der Waals surface area (Å²) in [5.41, 5.74) is 0.327. The Morgan fingerprint density at radius 1 is 1.43 bits per heavy atom. The van der Waals surface area contributed by atoms with Crippen LogP contribution in [0.5, 0.6) is 5.75 Å². The first-order chi connectivity index (χ1) is 11.2. The maximum atomic E-state index is 13.6. The van der Waals surface area contributed by atoms with Gasteiger partial charge >= 0.3 is 0 Å². The molecular formula is C18H27FN2O2. The molecule has 1 heterocycles. The monoisotopic (exact) mass is 322 g/mol. The molecule has 0 aliphatic carbocycles. The van der Waals surface area contributed by atoms with Crippen molar-refractivity contribution in [2.24, 2.45) is 0 Å². The Morgan fingerprint density at radius 3 is 2.96 bits per heavy atom. The summed E-state index contributed by atoms with van der Waals surface area (Å²) in [5.74, 6) is -0.603. The molecule has 0 spiro atoms. The molecule has 0 radical (unpaired) electrons. The number of nitrogens with zero attached hydrogens (tertiary/aromatic N) is 1. The minimum Gasteiger partial charge on any atom is -0.494 e. The summed E-state index contributed by atoms with van der Waals surface area (Å²) in [5, 5.41) is 2.86. The second-order valence-corrected chi connectivity index (χ2v) is 6.05. The third-order valence-corrected chi connectivity index (χ3v) is 4.54. The summed E-state index contributed by atoms with van der Waals surface area (Å²) in [7, 11) is 1.41. The van der Waals surface area contributed by atoms with Gasteiger partial charge in [0.25, 0.3) is 5.91 Å². The summed E-state index contributed by atoms with van der Waals surface area (Å²) >= 11 is 0. The molecule has 1 aliphatic heterocycles. The molecule has 1 saturated heterocycles. The van der Waals surface area contributed by atoms with Crippen LogP contribution in [0.15, 0.2) is 18.2 Å². The van der Waals surface area contributed by atoms with Crippen molar-refractivity contribution >= 4 is 5.91 Å². The van der Waals surface area contributed by atoms with E-state index in [0.29, 0.717) is 18.2 Å². The molecule has 0 saturated carbocycles. The highest BCUT2D eigenvalue weighted by Gasteiger charge is 2.19. The van der Waals surface area contributed by atoms with Gasteiger partial charge in [-0.15, -0.1) is 0 Å². The van der Waals surface area contributed by atoms with E-state index in [0.717, 1.165) is 19.5 Å². The molecule has 0 unspecified atom stereocenters. The number of benzene rings is 1. The van der Waals surface area contributed by atoms with E-state index in [9.17, 15) is 9.18 Å². The summed E-state index contributed by atoms with van der Waals surface area (Å²) in [6, 6.07) is 4.96. The van der Waals surface area contributed by atoms with Crippen molar-refractivity contribution in [1.29, 1.82) is 0 Å². The van der Waals surface area contributed by atoms with E-state index in [2.05, 4.69) is 17.1 Å². The lowest BCUT2D eigenvalue weighted by molar-refractivity contribution is 0.0947. The normalized spacial score (nSPS) is 18.7. The quantitative estimate of drug-likeness (QED) is 0.784. The minimum atomic E-state index is -0.515. The largest absolute Gasteiger partial charge is 0.494 e. The first-order valence-corrected chi connectivity index (χ1v) is 8.51. The number of halogens is 1. The average Bonchev–Trinajstić information content (AvgIpc) is 2.58. The molecule has 1 N–H and O–H groups in total. The Bertz CT molecular complexity index is 522. The van der Waals surface area contributed by atoms with Crippen molar-refractivity contribution in [2.75, 3.05) is 26.7 Å². The van der Waals surface area contributed by atoms with Crippen molar-refractivity contribution in [2.45, 2.75) is 45.1 Å². The van der Waals surface area contributed by atoms with Crippen LogP contribution in [0.1, 0.15) is 49.4 Å². The summed E-state index contributed by atoms with van der Waals surface area (Å²) in [4.78, 5) is 14.6. The van der Waals surface area contributed by atoms with Gasteiger partial charge in [0.05, 0.1) is 7.11 Å². The first-order valence-electron chi connectivity index (χ1n) is 8.51. The van der Waals surface area contributed by atoms with Crippen molar-refractivity contribution in [3.05, 3.63) is 29.6 Å². The number of carbonyl (C=O) groups excluding carboxylic acids is 1. The number of nitrogens with one attached hydrogen (secondary N) is 1. The fraction of sp³-hybridized carbons (Fsp3) is 0.611. The fourth-order valence-electron chi connectivity index (χ4n) is 3.21. The van der Waals surface area contributed by atoms with Crippen LogP contribution in [0.3, 0.4) is 0 Å². The molecule has 1 aliphatic rings. The van der Waals surface area contributed by atoms with Crippen LogP contribution in [-0.4, -0.2) is 43.6 Å². The second-order valence-electron chi connectivity index (χ2n) is 6.05. The van der Waals surface area contributed by atoms with Crippen molar-refractivity contribution < 1.29 is 13.9 Å². The van der Waals surface area contributed by atoms with Gasteiger partial charge in [-0.1, -0.05) is 13.3 Å². The van der Waals surface area contributed by atoms with Gasteiger partial charge in [-0.05, 0) is 50.4 Å². The SMILES string of the molecule is CC[C@@H]1CCCCN1CCCNC(=O)c1ccc(OC)c(F)c1. The van der Waals surface area contributed by atoms with E-state index in [4.69, 9.17) is 4.74 Å². The zero-order valence-corrected chi connectivity index (χ0v) is 14.1. The molecular weight excluding hydrogens is 295 g/mol. The van der Waals surface area contributed by atoms with Crippen LogP contribution in [0.4, 0.5) is 4.39 Å². The molecule has 128 valence electrons. The maximum Gasteiger partial charge on any atom is 0.251 e. The third kappa shape index (κ3) is 4.93. The highest BCUT2D eigenvalue weighted by atomic mass is 19.1. The zero-order valence-electron chi connectivity index (χ0n) is 14.1. The molecule has 1 fully saturated rings. The topological polar surface area (TPSA) is 41.6 Å². The summed E-state index contributed by atoms with van der Waals surface area (Å²) in [6.45, 7) is 5.02. The van der Waals surface area contributed by atoms with E-state index in [1.807, 2.05) is 0 Å². The van der Waals surface area contributed by atoms with Crippen molar-refractivity contribution in [3.63, 3.8) is 0 Å². The number of ether oxygens (including phenoxy) is 1. The minimum absolute atomic E-state index is 0.150. The van der Waals surface area contributed by atoms with Gasteiger partial charge in [0.2, 0.25) is 0 Å². The molecule has 1 aromatic carbocycles. The molecule has 2 rings (SSSR count). The summed E-state index contributed by atoms with van der Waals surface area (Å²) in [6.07, 6.45) is 6.00. The Kier molecular flexibility index (Phi) is 6.84. The molecule has 5 heteroatoms. The number of methoxy groups -OCH3 is 1. The number of carbonyl (C=O) groups is 1. The van der Waals surface area contributed by atoms with Gasteiger partial charge in [0.15, 0.2) is 11.6 Å². The van der Waals surface area contributed by atoms with Crippen LogP contribution in [0, 0.1) is 5.82 Å². The zero-order chi connectivity index (χ0) is 16.7. The summed E-state index contributed by atoms with van der Waals surface area (Å²) < 4.78 is 18.5. The molecule has 0 bridgehead atoms. The molecule has 0 aromatic heterocycles. The lowest BCUT2D eigenvalue weighted by Crippen LogP contribution is -2.40. The molecule has 4 nitrogen and oxygen atoms in total. The standard InChI is InChI=1S/C18H27FN2O2/c1-3-15-7-4-5-11-21(15)12-6-10-20-18(22)14-8-9-17(23-2)16(19)13-14/h8-9,13,15H,3-7,10-12H2,1-2H3,(H,20,22)/t15-/m1/s1. The van der Waals surface area contributed by atoms with Crippen LogP contribution in [-0.2, 0) is 0 Å². The Balaban J connectivity index is 1.75. The highest BCUT2D eigenvalue weighted by Crippen LogP contribution is 2.19. The molecule has 23 heavy (non-hydrogen) atoms. The number of piperidine rings is 1. The van der Waals surface area contributed by atoms with E-state index in [-0.39, 0.29) is 11.7 Å². The number of rotatable bonds is 7. The van der Waals surface area contributed by atoms with E-state index in [1.165, 1.54) is 44.9 Å². The lowest BCUT2D eigenvalue weighted by atomic mass is 10.00. The van der Waals surface area contributed by atoms with Crippen LogP contribution < -0.4 is 10.1 Å². The average molecular weight is 322 g/mol. The van der Waals surface area contributed by atoms with Gasteiger partial charge in [0, 0.05) is 24.7 Å². The van der Waals surface area contributed by atoms with Gasteiger partial charge < -0.3 is 15.0 Å². The third-order valence-electron chi connectivity index (χ3n) is 4.54. The predicted octanol–water partition coefficient (Wildman–Crippen LogP) is 3.22. The molecule has 1 atom stereocenters. The van der Waals surface area contributed by atoms with Gasteiger partial charge in [0.1, 0.15) is 0 Å². The highest BCUT2D eigenvalue weighted by molar-refractivity contribution is 5.94. The first kappa shape index (κ1) is 17.7. The Hall–Kier alpha value is -1.62. The van der Waals surface area contributed by atoms with Gasteiger partial charge in [-0.2, -0.15) is 0 Å². The molecule has 1 amide bonds. The predicted molar refractivity (Wildman–Crippen MR) is 89.4 cm³/mol. The number of amides is 1. The maximum absolute atomic E-state index is 13.6. The van der Waals surface area contributed by atoms with E-state index in [1.54, 1.807) is 6.07 Å². The van der Waals surface area contributed by atoms with Crippen LogP contribution in [0.25, 0.3) is 0 Å². The van der Waals surface area contributed by atoms with E-state index < -0.39 is 5.82 Å². The van der Waals surface area contributed by atoms with Gasteiger partial charge in [-0.25, -0.2) is 4.39 Å². The fourth-order valence-corrected chi connectivity index (χ4v) is 3.21. The van der Waals surface area contributed by atoms with Crippen molar-refractivity contribution in [1.82, 2.24) is 10.2 Å². The lowest BCUT2D eigenvalue weighted by Gasteiger charge is -2.35. The Labute approximate surface area is 138 Å². The number of hydrogen-bond acceptors (Lipinski definition) is 3. The second kappa shape index (κ2) is 8.87. The Morgan fingerprint density at radius 2 is 2.26 bits per heavy atom. The number of likely N-dealkylation sites (tertiary alicyclic amines) is 1. The number of hydrogen-bond donors (Lipinski definition) is 1. The molecule has 1 aromatic rings. The van der Waals surface area contributed by atoms with Crippen LogP contribution >= 0.6 is 0 Å². The van der Waals surface area contributed by atoms with Crippen LogP contribution in [0.2, 0.25) is 0 Å². The van der Waals surface area contributed by atoms with Gasteiger partial charge in [-0.3, -0.25) is 4.79 Å². The van der Waals surface area contributed by atoms with E-state index >= 15 is 0 Å². The van der Waals surface area contributed by atoms with Crippen molar-refractivity contribution in [3.8, 4) is 5.75 Å². The smallest absolute Gasteiger partial charge is 0.251 e.